The number of hydrogen-bond donors (Lipinski definition) is 1. The molecule has 1 saturated heterocycles. The van der Waals surface area contributed by atoms with E-state index in [1.807, 2.05) is 0 Å². The van der Waals surface area contributed by atoms with Gasteiger partial charge in [0.1, 0.15) is 0 Å². The minimum absolute atomic E-state index is 0.00193. The van der Waals surface area contributed by atoms with E-state index in [9.17, 15) is 22.8 Å². The number of benzene rings is 1. The van der Waals surface area contributed by atoms with Crippen molar-refractivity contribution in [1.82, 2.24) is 5.32 Å². The molecule has 1 N–H and O–H groups in total. The Morgan fingerprint density at radius 3 is 2.48 bits per heavy atom. The number of nitrogens with one attached hydrogen (secondary N) is 1. The van der Waals surface area contributed by atoms with Crippen molar-refractivity contribution in [3.05, 3.63) is 35.9 Å². The van der Waals surface area contributed by atoms with E-state index in [-0.39, 0.29) is 30.1 Å². The molecule has 7 nitrogen and oxygen atoms in total. The zero-order valence-electron chi connectivity index (χ0n) is 13.9. The molecule has 1 aliphatic rings. The molecule has 0 aliphatic carbocycles. The third-order valence-electron chi connectivity index (χ3n) is 3.91. The highest BCUT2D eigenvalue weighted by Gasteiger charge is 2.30. The number of ether oxygens (including phenoxy) is 1. The molecule has 25 heavy (non-hydrogen) atoms. The molecular formula is C17H21NO6S. The first-order chi connectivity index (χ1) is 11.8. The van der Waals surface area contributed by atoms with Gasteiger partial charge in [-0.3, -0.25) is 14.4 Å². The van der Waals surface area contributed by atoms with Gasteiger partial charge >= 0.3 is 5.97 Å². The molecule has 1 aromatic carbocycles. The van der Waals surface area contributed by atoms with Crippen LogP contribution >= 0.6 is 0 Å². The smallest absolute Gasteiger partial charge is 0.307 e. The van der Waals surface area contributed by atoms with Crippen LogP contribution in [0.5, 0.6) is 0 Å². The van der Waals surface area contributed by atoms with Crippen LogP contribution in [0.3, 0.4) is 0 Å². The van der Waals surface area contributed by atoms with Gasteiger partial charge in [-0.25, -0.2) is 8.42 Å². The summed E-state index contributed by atoms with van der Waals surface area (Å²) in [6.45, 7) is 1.41. The first-order valence-electron chi connectivity index (χ1n) is 8.05. The third kappa shape index (κ3) is 5.97. The monoisotopic (exact) mass is 367 g/mol. The van der Waals surface area contributed by atoms with Gasteiger partial charge in [-0.1, -0.05) is 30.3 Å². The minimum Gasteiger partial charge on any atom is -0.453 e. The Hall–Kier alpha value is -2.22. The summed E-state index contributed by atoms with van der Waals surface area (Å²) in [7, 11) is -3.09. The van der Waals surface area contributed by atoms with Crippen molar-refractivity contribution < 1.29 is 27.5 Å². The van der Waals surface area contributed by atoms with E-state index >= 15 is 0 Å². The fourth-order valence-electron chi connectivity index (χ4n) is 2.52. The summed E-state index contributed by atoms with van der Waals surface area (Å²) < 4.78 is 27.7. The van der Waals surface area contributed by atoms with Crippen molar-refractivity contribution in [2.75, 3.05) is 11.5 Å². The maximum Gasteiger partial charge on any atom is 0.307 e. The van der Waals surface area contributed by atoms with Crippen molar-refractivity contribution in [2.45, 2.75) is 38.3 Å². The van der Waals surface area contributed by atoms with Crippen LogP contribution in [0.15, 0.2) is 30.3 Å². The van der Waals surface area contributed by atoms with Crippen LogP contribution in [0.2, 0.25) is 0 Å². The Labute approximate surface area is 146 Å². The Morgan fingerprint density at radius 1 is 1.20 bits per heavy atom. The second-order valence-corrected chi connectivity index (χ2v) is 8.26. The Bertz CT molecular complexity index is 744. The van der Waals surface area contributed by atoms with Gasteiger partial charge in [0, 0.05) is 18.0 Å². The van der Waals surface area contributed by atoms with Crippen molar-refractivity contribution in [2.24, 2.45) is 0 Å². The van der Waals surface area contributed by atoms with E-state index in [1.165, 1.54) is 6.92 Å². The van der Waals surface area contributed by atoms with Gasteiger partial charge in [0.15, 0.2) is 21.7 Å². The van der Waals surface area contributed by atoms with Crippen LogP contribution < -0.4 is 5.32 Å². The molecule has 2 atom stereocenters. The molecule has 0 saturated carbocycles. The van der Waals surface area contributed by atoms with Crippen LogP contribution in [0.1, 0.15) is 36.5 Å². The summed E-state index contributed by atoms with van der Waals surface area (Å²) in [5.41, 5.74) is 0.517. The molecule has 0 bridgehead atoms. The lowest BCUT2D eigenvalue weighted by Crippen LogP contribution is -2.42. The first-order valence-corrected chi connectivity index (χ1v) is 9.87. The van der Waals surface area contributed by atoms with Crippen molar-refractivity contribution in [3.63, 3.8) is 0 Å². The van der Waals surface area contributed by atoms with Gasteiger partial charge < -0.3 is 10.1 Å². The van der Waals surface area contributed by atoms with E-state index in [2.05, 4.69) is 5.32 Å². The Balaban J connectivity index is 1.74. The zero-order valence-corrected chi connectivity index (χ0v) is 14.8. The highest BCUT2D eigenvalue weighted by molar-refractivity contribution is 7.91. The van der Waals surface area contributed by atoms with E-state index < -0.39 is 33.9 Å². The van der Waals surface area contributed by atoms with Gasteiger partial charge in [-0.2, -0.15) is 0 Å². The fourth-order valence-corrected chi connectivity index (χ4v) is 4.19. The Kier molecular flexibility index (Phi) is 6.30. The largest absolute Gasteiger partial charge is 0.453 e. The molecule has 136 valence electrons. The number of amides is 1. The number of rotatable bonds is 7. The van der Waals surface area contributed by atoms with Gasteiger partial charge in [-0.05, 0) is 13.3 Å². The van der Waals surface area contributed by atoms with Gasteiger partial charge in [0.25, 0.3) is 5.91 Å². The molecule has 1 fully saturated rings. The molecule has 1 amide bonds. The predicted molar refractivity (Wildman–Crippen MR) is 90.8 cm³/mol. The minimum atomic E-state index is -3.09. The number of ketones is 1. The van der Waals surface area contributed by atoms with Crippen molar-refractivity contribution >= 4 is 27.5 Å². The van der Waals surface area contributed by atoms with Gasteiger partial charge in [-0.15, -0.1) is 0 Å². The van der Waals surface area contributed by atoms with Gasteiger partial charge in [0.2, 0.25) is 0 Å². The average Bonchev–Trinajstić information content (AvgIpc) is 2.91. The summed E-state index contributed by atoms with van der Waals surface area (Å²) >= 11 is 0. The standard InChI is InChI=1S/C17H21NO6S/c1-12(17(21)18-14-9-10-25(22,23)11-14)24-16(20)8-7-15(19)13-5-3-2-4-6-13/h2-6,12,14H,7-11H2,1H3,(H,18,21)/t12-,14+/m1/s1. The molecule has 0 spiro atoms. The predicted octanol–water partition coefficient (Wildman–Crippen LogP) is 0.885. The number of carbonyl (C=O) groups excluding carboxylic acids is 3. The normalized spacial score (nSPS) is 19.8. The van der Waals surface area contributed by atoms with E-state index in [0.717, 1.165) is 0 Å². The number of hydrogen-bond acceptors (Lipinski definition) is 6. The number of sulfone groups is 1. The molecule has 1 aromatic rings. The van der Waals surface area contributed by atoms with Crippen molar-refractivity contribution in [1.29, 1.82) is 0 Å². The molecule has 1 aliphatic heterocycles. The van der Waals surface area contributed by atoms with Crippen molar-refractivity contribution in [3.8, 4) is 0 Å². The molecule has 0 unspecified atom stereocenters. The summed E-state index contributed by atoms with van der Waals surface area (Å²) in [6, 6.07) is 8.15. The highest BCUT2D eigenvalue weighted by Crippen LogP contribution is 2.12. The molecule has 0 radical (unpaired) electrons. The second kappa shape index (κ2) is 8.24. The van der Waals surface area contributed by atoms with E-state index in [0.29, 0.717) is 12.0 Å². The van der Waals surface area contributed by atoms with Crippen LogP contribution in [0, 0.1) is 0 Å². The third-order valence-corrected chi connectivity index (χ3v) is 5.68. The molecular weight excluding hydrogens is 346 g/mol. The summed E-state index contributed by atoms with van der Waals surface area (Å²) in [4.78, 5) is 35.7. The SMILES string of the molecule is C[C@@H](OC(=O)CCC(=O)c1ccccc1)C(=O)N[C@H]1CCS(=O)(=O)C1. The zero-order chi connectivity index (χ0) is 18.4. The summed E-state index contributed by atoms with van der Waals surface area (Å²) in [5, 5.41) is 2.57. The second-order valence-electron chi connectivity index (χ2n) is 6.03. The van der Waals surface area contributed by atoms with Crippen LogP contribution in [0.25, 0.3) is 0 Å². The molecule has 1 heterocycles. The maximum absolute atomic E-state index is 12.0. The maximum atomic E-state index is 12.0. The van der Waals surface area contributed by atoms with Crippen LogP contribution in [-0.2, 0) is 24.2 Å². The topological polar surface area (TPSA) is 107 Å². The number of Topliss-reactive ketones (excluding diaryl/α,β-unsaturated/α-hetero) is 1. The molecule has 2 rings (SSSR count). The van der Waals surface area contributed by atoms with E-state index in [1.54, 1.807) is 30.3 Å². The lowest BCUT2D eigenvalue weighted by atomic mass is 10.1. The summed E-state index contributed by atoms with van der Waals surface area (Å²) in [6.07, 6.45) is -0.802. The number of esters is 1. The highest BCUT2D eigenvalue weighted by atomic mass is 32.2. The lowest BCUT2D eigenvalue weighted by molar-refractivity contribution is -0.154. The van der Waals surface area contributed by atoms with Gasteiger partial charge in [0.05, 0.1) is 17.9 Å². The van der Waals surface area contributed by atoms with Crippen LogP contribution in [-0.4, -0.2) is 49.7 Å². The Morgan fingerprint density at radius 2 is 1.88 bits per heavy atom. The quantitative estimate of drug-likeness (QED) is 0.566. The molecule has 0 aromatic heterocycles. The number of carbonyl (C=O) groups is 3. The molecule has 8 heteroatoms. The lowest BCUT2D eigenvalue weighted by Gasteiger charge is -2.16. The first kappa shape index (κ1) is 19.1. The fraction of sp³-hybridized carbons (Fsp3) is 0.471. The average molecular weight is 367 g/mol. The van der Waals surface area contributed by atoms with Crippen LogP contribution in [0.4, 0.5) is 0 Å². The summed E-state index contributed by atoms with van der Waals surface area (Å²) in [5.74, 6) is -1.40. The van der Waals surface area contributed by atoms with E-state index in [4.69, 9.17) is 4.74 Å².